The van der Waals surface area contributed by atoms with Crippen LogP contribution in [0.25, 0.3) is 0 Å². The highest BCUT2D eigenvalue weighted by Gasteiger charge is 2.31. The van der Waals surface area contributed by atoms with Crippen LogP contribution in [0, 0.1) is 12.8 Å². The first-order valence-corrected chi connectivity index (χ1v) is 10.9. The van der Waals surface area contributed by atoms with Crippen LogP contribution in [0.15, 0.2) is 24.3 Å². The monoisotopic (exact) mass is 387 g/mol. The van der Waals surface area contributed by atoms with E-state index in [0.717, 1.165) is 32.5 Å². The molecule has 2 aliphatic rings. The summed E-state index contributed by atoms with van der Waals surface area (Å²) in [6, 6.07) is 9.50. The van der Waals surface area contributed by atoms with Gasteiger partial charge in [-0.1, -0.05) is 24.3 Å². The van der Waals surface area contributed by atoms with Crippen molar-refractivity contribution in [3.05, 3.63) is 35.4 Å². The van der Waals surface area contributed by atoms with Crippen molar-refractivity contribution in [2.45, 2.75) is 58.2 Å². The highest BCUT2D eigenvalue weighted by atomic mass is 16.5. The molecule has 0 spiro atoms. The van der Waals surface area contributed by atoms with E-state index in [1.54, 1.807) is 7.11 Å². The fourth-order valence-corrected chi connectivity index (χ4v) is 4.65. The molecule has 1 unspecified atom stereocenters. The number of piperidine rings is 2. The first-order chi connectivity index (χ1) is 13.6. The molecular weight excluding hydrogens is 350 g/mol. The standard InChI is InChI=1S/C23H37N3O2/c1-18-6-4-5-7-21(18)16-25-12-10-22(11-13-25)26-14-8-20(9-15-26)23(27)24-19(2)17-28-3/h4-7,19-20,22H,8-17H2,1-3H3,(H,24,27). The molecule has 1 N–H and O–H groups in total. The largest absolute Gasteiger partial charge is 0.383 e. The number of hydrogen-bond acceptors (Lipinski definition) is 4. The molecular formula is C23H37N3O2. The maximum atomic E-state index is 12.4. The number of carbonyl (C=O) groups excluding carboxylic acids is 1. The van der Waals surface area contributed by atoms with Crippen molar-refractivity contribution in [2.24, 2.45) is 5.92 Å². The van der Waals surface area contributed by atoms with Crippen LogP contribution in [0.3, 0.4) is 0 Å². The Morgan fingerprint density at radius 3 is 2.46 bits per heavy atom. The van der Waals surface area contributed by atoms with E-state index in [2.05, 4.69) is 46.3 Å². The van der Waals surface area contributed by atoms with E-state index in [1.807, 2.05) is 6.92 Å². The number of carbonyl (C=O) groups is 1. The highest BCUT2D eigenvalue weighted by molar-refractivity contribution is 5.79. The molecule has 1 aromatic carbocycles. The second kappa shape index (κ2) is 10.4. The Kier molecular flexibility index (Phi) is 7.89. The van der Waals surface area contributed by atoms with Crippen LogP contribution in [-0.2, 0) is 16.1 Å². The molecule has 3 rings (SSSR count). The molecule has 1 aromatic rings. The second-order valence-corrected chi connectivity index (χ2v) is 8.61. The van der Waals surface area contributed by atoms with Gasteiger partial charge in [0.15, 0.2) is 0 Å². The Hall–Kier alpha value is -1.43. The predicted molar refractivity (Wildman–Crippen MR) is 113 cm³/mol. The van der Waals surface area contributed by atoms with E-state index in [0.29, 0.717) is 12.6 Å². The summed E-state index contributed by atoms with van der Waals surface area (Å²) in [7, 11) is 1.67. The lowest BCUT2D eigenvalue weighted by atomic mass is 9.92. The zero-order valence-corrected chi connectivity index (χ0v) is 17.8. The Labute approximate surface area is 170 Å². The summed E-state index contributed by atoms with van der Waals surface area (Å²) >= 11 is 0. The van der Waals surface area contributed by atoms with Gasteiger partial charge < -0.3 is 15.0 Å². The minimum absolute atomic E-state index is 0.0908. The normalized spacial score (nSPS) is 21.5. The van der Waals surface area contributed by atoms with Gasteiger partial charge >= 0.3 is 0 Å². The van der Waals surface area contributed by atoms with Gasteiger partial charge in [-0.3, -0.25) is 9.69 Å². The van der Waals surface area contributed by atoms with Crippen molar-refractivity contribution in [3.8, 4) is 0 Å². The zero-order valence-electron chi connectivity index (χ0n) is 17.8. The topological polar surface area (TPSA) is 44.8 Å². The van der Waals surface area contributed by atoms with Crippen LogP contribution < -0.4 is 5.32 Å². The van der Waals surface area contributed by atoms with E-state index < -0.39 is 0 Å². The summed E-state index contributed by atoms with van der Waals surface area (Å²) in [5, 5.41) is 3.09. The smallest absolute Gasteiger partial charge is 0.223 e. The molecule has 0 bridgehead atoms. The van der Waals surface area contributed by atoms with Gasteiger partial charge in [0.05, 0.1) is 6.61 Å². The zero-order chi connectivity index (χ0) is 19.9. The maximum Gasteiger partial charge on any atom is 0.223 e. The Balaban J connectivity index is 1.39. The molecule has 2 heterocycles. The van der Waals surface area contributed by atoms with Crippen LogP contribution >= 0.6 is 0 Å². The molecule has 0 aromatic heterocycles. The lowest BCUT2D eigenvalue weighted by molar-refractivity contribution is -0.127. The van der Waals surface area contributed by atoms with E-state index >= 15 is 0 Å². The van der Waals surface area contributed by atoms with E-state index in [1.165, 1.54) is 37.1 Å². The van der Waals surface area contributed by atoms with E-state index in [9.17, 15) is 4.79 Å². The van der Waals surface area contributed by atoms with Gasteiger partial charge in [0.1, 0.15) is 0 Å². The Bertz CT molecular complexity index is 620. The third-order valence-corrected chi connectivity index (χ3v) is 6.43. The van der Waals surface area contributed by atoms with Gasteiger partial charge in [0.2, 0.25) is 5.91 Å². The lowest BCUT2D eigenvalue weighted by Gasteiger charge is -2.41. The molecule has 2 fully saturated rings. The molecule has 1 amide bonds. The summed E-state index contributed by atoms with van der Waals surface area (Å²) < 4.78 is 5.11. The predicted octanol–water partition coefficient (Wildman–Crippen LogP) is 2.82. The number of aryl methyl sites for hydroxylation is 1. The maximum absolute atomic E-state index is 12.4. The lowest BCUT2D eigenvalue weighted by Crippen LogP contribution is -2.49. The number of likely N-dealkylation sites (tertiary alicyclic amines) is 2. The second-order valence-electron chi connectivity index (χ2n) is 8.61. The molecule has 0 saturated carbocycles. The molecule has 5 nitrogen and oxygen atoms in total. The molecule has 1 atom stereocenters. The quantitative estimate of drug-likeness (QED) is 0.781. The summed E-state index contributed by atoms with van der Waals surface area (Å²) in [6.45, 7) is 10.3. The minimum atomic E-state index is 0.0908. The number of rotatable bonds is 7. The number of nitrogens with zero attached hydrogens (tertiary/aromatic N) is 2. The number of methoxy groups -OCH3 is 1. The third kappa shape index (κ3) is 5.79. The first kappa shape index (κ1) is 21.3. The van der Waals surface area contributed by atoms with Crippen LogP contribution in [0.4, 0.5) is 0 Å². The van der Waals surface area contributed by atoms with Gasteiger partial charge in [-0.05, 0) is 76.8 Å². The van der Waals surface area contributed by atoms with Crippen molar-refractivity contribution < 1.29 is 9.53 Å². The number of nitrogens with one attached hydrogen (secondary N) is 1. The van der Waals surface area contributed by atoms with Crippen molar-refractivity contribution in [2.75, 3.05) is 39.9 Å². The Morgan fingerprint density at radius 2 is 1.82 bits per heavy atom. The number of hydrogen-bond donors (Lipinski definition) is 1. The molecule has 156 valence electrons. The summed E-state index contributed by atoms with van der Waals surface area (Å²) in [4.78, 5) is 17.6. The average Bonchev–Trinajstić information content (AvgIpc) is 2.70. The van der Waals surface area contributed by atoms with Crippen molar-refractivity contribution in [1.29, 1.82) is 0 Å². The van der Waals surface area contributed by atoms with Gasteiger partial charge in [0.25, 0.3) is 0 Å². The molecule has 0 radical (unpaired) electrons. The number of benzene rings is 1. The molecule has 28 heavy (non-hydrogen) atoms. The number of amides is 1. The first-order valence-electron chi connectivity index (χ1n) is 10.9. The van der Waals surface area contributed by atoms with Crippen LogP contribution in [0.5, 0.6) is 0 Å². The van der Waals surface area contributed by atoms with Gasteiger partial charge in [-0.25, -0.2) is 0 Å². The fourth-order valence-electron chi connectivity index (χ4n) is 4.65. The van der Waals surface area contributed by atoms with Gasteiger partial charge in [0, 0.05) is 31.7 Å². The van der Waals surface area contributed by atoms with Crippen molar-refractivity contribution in [3.63, 3.8) is 0 Å². The van der Waals surface area contributed by atoms with Crippen LogP contribution in [-0.4, -0.2) is 67.7 Å². The summed E-state index contributed by atoms with van der Waals surface area (Å²) in [6.07, 6.45) is 4.45. The number of ether oxygens (including phenoxy) is 1. The summed E-state index contributed by atoms with van der Waals surface area (Å²) in [5.41, 5.74) is 2.85. The van der Waals surface area contributed by atoms with Gasteiger partial charge in [-0.2, -0.15) is 0 Å². The van der Waals surface area contributed by atoms with Crippen molar-refractivity contribution in [1.82, 2.24) is 15.1 Å². The minimum Gasteiger partial charge on any atom is -0.383 e. The molecule has 2 saturated heterocycles. The van der Waals surface area contributed by atoms with Crippen LogP contribution in [0.1, 0.15) is 43.7 Å². The molecule has 2 aliphatic heterocycles. The SMILES string of the molecule is COCC(C)NC(=O)C1CCN(C2CCN(Cc3ccccc3C)CC2)CC1. The fraction of sp³-hybridized carbons (Fsp3) is 0.696. The molecule has 5 heteroatoms. The van der Waals surface area contributed by atoms with Crippen molar-refractivity contribution >= 4 is 5.91 Å². The van der Waals surface area contributed by atoms with Crippen LogP contribution in [0.2, 0.25) is 0 Å². The van der Waals surface area contributed by atoms with E-state index in [-0.39, 0.29) is 17.9 Å². The van der Waals surface area contributed by atoms with Gasteiger partial charge in [-0.15, -0.1) is 0 Å². The average molecular weight is 388 g/mol. The van der Waals surface area contributed by atoms with E-state index in [4.69, 9.17) is 4.74 Å². The Morgan fingerprint density at radius 1 is 1.14 bits per heavy atom. The summed E-state index contributed by atoms with van der Waals surface area (Å²) in [5.74, 6) is 0.369. The highest BCUT2D eigenvalue weighted by Crippen LogP contribution is 2.25. The third-order valence-electron chi connectivity index (χ3n) is 6.43. The molecule has 0 aliphatic carbocycles.